The van der Waals surface area contributed by atoms with Crippen molar-refractivity contribution in [3.05, 3.63) is 23.7 Å². The molecular weight excluding hydrogens is 217 g/mol. The molecule has 3 nitrogen and oxygen atoms in total. The van der Waals surface area contributed by atoms with Gasteiger partial charge in [0.1, 0.15) is 12.0 Å². The molecule has 2 aliphatic heterocycles. The molecule has 96 valence electrons. The Morgan fingerprint density at radius 1 is 1.29 bits per heavy atom. The van der Waals surface area contributed by atoms with E-state index in [1.165, 1.54) is 0 Å². The molecule has 0 aliphatic carbocycles. The lowest BCUT2D eigenvalue weighted by atomic mass is 9.91. The zero-order chi connectivity index (χ0) is 12.5. The molecule has 0 radical (unpaired) electrons. The number of halogens is 1. The highest BCUT2D eigenvalue weighted by atomic mass is 19.1. The van der Waals surface area contributed by atoms with Gasteiger partial charge in [0.25, 0.3) is 0 Å². The maximum Gasteiger partial charge on any atom is 0.120 e. The van der Waals surface area contributed by atoms with Crippen molar-refractivity contribution >= 4 is 0 Å². The molecule has 2 aliphatic rings. The average Bonchev–Trinajstić information content (AvgIpc) is 2.28. The highest BCUT2D eigenvalue weighted by Crippen LogP contribution is 2.25. The van der Waals surface area contributed by atoms with E-state index in [-0.39, 0.29) is 5.41 Å². The number of nitrogens with one attached hydrogen (secondary N) is 2. The van der Waals surface area contributed by atoms with Gasteiger partial charge in [-0.1, -0.05) is 20.8 Å². The lowest BCUT2D eigenvalue weighted by Gasteiger charge is -2.36. The summed E-state index contributed by atoms with van der Waals surface area (Å²) in [6, 6.07) is 0. The van der Waals surface area contributed by atoms with E-state index in [4.69, 9.17) is 0 Å². The molecule has 0 spiro atoms. The monoisotopic (exact) mass is 239 g/mol. The van der Waals surface area contributed by atoms with Gasteiger partial charge in [-0.2, -0.15) is 0 Å². The highest BCUT2D eigenvalue weighted by molar-refractivity contribution is 5.23. The largest absolute Gasteiger partial charge is 0.354 e. The number of rotatable bonds is 1. The van der Waals surface area contributed by atoms with E-state index < -0.39 is 6.17 Å². The van der Waals surface area contributed by atoms with Gasteiger partial charge >= 0.3 is 0 Å². The molecule has 0 amide bonds. The molecule has 0 bridgehead atoms. The van der Waals surface area contributed by atoms with E-state index >= 15 is 0 Å². The number of hydrazine groups is 1. The minimum atomic E-state index is -0.695. The van der Waals surface area contributed by atoms with E-state index in [0.717, 1.165) is 24.5 Å². The molecule has 17 heavy (non-hydrogen) atoms. The van der Waals surface area contributed by atoms with Gasteiger partial charge in [-0.25, -0.2) is 4.39 Å². The number of likely N-dealkylation sites (tertiary alicyclic amines) is 1. The SMILES string of the molecule is CC(C)(C)C1=CC=C(N2CCCC(F)C2)NN1. The predicted octanol–water partition coefficient (Wildman–Crippen LogP) is 2.30. The third kappa shape index (κ3) is 2.93. The minimum Gasteiger partial charge on any atom is -0.354 e. The van der Waals surface area contributed by atoms with Crippen molar-refractivity contribution in [2.75, 3.05) is 13.1 Å². The summed E-state index contributed by atoms with van der Waals surface area (Å²) in [4.78, 5) is 2.07. The molecule has 0 aromatic carbocycles. The Bertz CT molecular complexity index is 341. The molecule has 1 atom stereocenters. The first-order valence-corrected chi connectivity index (χ1v) is 6.30. The maximum absolute atomic E-state index is 13.3. The number of hydrogen-bond donors (Lipinski definition) is 2. The third-order valence-corrected chi connectivity index (χ3v) is 3.25. The zero-order valence-electron chi connectivity index (χ0n) is 10.9. The second kappa shape index (κ2) is 4.59. The van der Waals surface area contributed by atoms with Crippen molar-refractivity contribution in [2.24, 2.45) is 5.41 Å². The standard InChI is InChI=1S/C13H22FN3/c1-13(2,3)11-6-7-12(16-15-11)17-8-4-5-10(14)9-17/h6-7,10,15-16H,4-5,8-9H2,1-3H3. The molecule has 0 aromatic heterocycles. The van der Waals surface area contributed by atoms with Crippen LogP contribution in [0, 0.1) is 5.41 Å². The Balaban J connectivity index is 2.04. The lowest BCUT2D eigenvalue weighted by molar-refractivity contribution is 0.157. The van der Waals surface area contributed by atoms with E-state index in [1.54, 1.807) is 0 Å². The van der Waals surface area contributed by atoms with Crippen molar-refractivity contribution in [1.29, 1.82) is 0 Å². The Kier molecular flexibility index (Phi) is 3.31. The van der Waals surface area contributed by atoms with Crippen molar-refractivity contribution < 1.29 is 4.39 Å². The van der Waals surface area contributed by atoms with Crippen LogP contribution in [0.1, 0.15) is 33.6 Å². The molecule has 0 aromatic rings. The topological polar surface area (TPSA) is 27.3 Å². The smallest absolute Gasteiger partial charge is 0.120 e. The van der Waals surface area contributed by atoms with Crippen LogP contribution >= 0.6 is 0 Å². The summed E-state index contributed by atoms with van der Waals surface area (Å²) in [6.07, 6.45) is 5.04. The normalized spacial score (nSPS) is 25.6. The number of hydrogen-bond acceptors (Lipinski definition) is 3. The van der Waals surface area contributed by atoms with E-state index in [0.29, 0.717) is 13.0 Å². The van der Waals surface area contributed by atoms with Crippen molar-refractivity contribution in [3.63, 3.8) is 0 Å². The summed E-state index contributed by atoms with van der Waals surface area (Å²) in [5.41, 5.74) is 7.61. The van der Waals surface area contributed by atoms with Crippen LogP contribution in [0.25, 0.3) is 0 Å². The summed E-state index contributed by atoms with van der Waals surface area (Å²) < 4.78 is 13.3. The molecule has 0 saturated carbocycles. The quantitative estimate of drug-likeness (QED) is 0.735. The average molecular weight is 239 g/mol. The van der Waals surface area contributed by atoms with Gasteiger partial charge < -0.3 is 10.3 Å². The molecule has 1 fully saturated rings. The van der Waals surface area contributed by atoms with Crippen LogP contribution in [0.5, 0.6) is 0 Å². The van der Waals surface area contributed by atoms with Crippen LogP contribution < -0.4 is 10.9 Å². The van der Waals surface area contributed by atoms with Gasteiger partial charge in [0.05, 0.1) is 6.54 Å². The van der Waals surface area contributed by atoms with Crippen LogP contribution in [-0.4, -0.2) is 24.2 Å². The van der Waals surface area contributed by atoms with Crippen LogP contribution in [0.3, 0.4) is 0 Å². The molecular formula is C13H22FN3. The fourth-order valence-corrected chi connectivity index (χ4v) is 2.14. The molecule has 1 saturated heterocycles. The Labute approximate surface area is 103 Å². The number of allylic oxidation sites excluding steroid dienone is 3. The number of alkyl halides is 1. The Morgan fingerprint density at radius 3 is 2.59 bits per heavy atom. The van der Waals surface area contributed by atoms with Gasteiger partial charge in [0.15, 0.2) is 0 Å². The zero-order valence-corrected chi connectivity index (χ0v) is 10.9. The summed E-state index contributed by atoms with van der Waals surface area (Å²) in [7, 11) is 0. The van der Waals surface area contributed by atoms with Crippen LogP contribution in [-0.2, 0) is 0 Å². The fraction of sp³-hybridized carbons (Fsp3) is 0.692. The third-order valence-electron chi connectivity index (χ3n) is 3.25. The minimum absolute atomic E-state index is 0.0968. The van der Waals surface area contributed by atoms with Crippen LogP contribution in [0.15, 0.2) is 23.7 Å². The predicted molar refractivity (Wildman–Crippen MR) is 67.6 cm³/mol. The second-order valence-corrected chi connectivity index (χ2v) is 5.82. The first-order valence-electron chi connectivity index (χ1n) is 6.30. The molecule has 4 heteroatoms. The summed E-state index contributed by atoms with van der Waals surface area (Å²) >= 11 is 0. The van der Waals surface area contributed by atoms with E-state index in [2.05, 4.69) is 42.6 Å². The number of piperidine rings is 1. The molecule has 2 heterocycles. The van der Waals surface area contributed by atoms with Crippen molar-refractivity contribution in [1.82, 2.24) is 15.8 Å². The van der Waals surface area contributed by atoms with E-state index in [9.17, 15) is 4.39 Å². The van der Waals surface area contributed by atoms with Crippen molar-refractivity contribution in [3.8, 4) is 0 Å². The fourth-order valence-electron chi connectivity index (χ4n) is 2.14. The first kappa shape index (κ1) is 12.3. The molecule has 2 rings (SSSR count). The highest BCUT2D eigenvalue weighted by Gasteiger charge is 2.24. The van der Waals surface area contributed by atoms with Gasteiger partial charge in [0, 0.05) is 17.7 Å². The Morgan fingerprint density at radius 2 is 2.06 bits per heavy atom. The van der Waals surface area contributed by atoms with Gasteiger partial charge in [-0.15, -0.1) is 0 Å². The summed E-state index contributed by atoms with van der Waals surface area (Å²) in [5.74, 6) is 0.973. The second-order valence-electron chi connectivity index (χ2n) is 5.82. The van der Waals surface area contributed by atoms with Crippen LogP contribution in [0.4, 0.5) is 4.39 Å². The van der Waals surface area contributed by atoms with Gasteiger partial charge in [-0.3, -0.25) is 5.43 Å². The van der Waals surface area contributed by atoms with E-state index in [1.807, 2.05) is 6.08 Å². The molecule has 1 unspecified atom stereocenters. The summed E-state index contributed by atoms with van der Waals surface area (Å²) in [5, 5.41) is 0. The summed E-state index contributed by atoms with van der Waals surface area (Å²) in [6.45, 7) is 7.90. The van der Waals surface area contributed by atoms with Crippen molar-refractivity contribution in [2.45, 2.75) is 39.8 Å². The van der Waals surface area contributed by atoms with Gasteiger partial charge in [0.2, 0.25) is 0 Å². The van der Waals surface area contributed by atoms with Gasteiger partial charge in [-0.05, 0) is 25.0 Å². The molecule has 2 N–H and O–H groups in total. The first-order chi connectivity index (χ1) is 7.97. The van der Waals surface area contributed by atoms with Crippen LogP contribution in [0.2, 0.25) is 0 Å². The Hall–Kier alpha value is -1.19. The number of nitrogens with zero attached hydrogens (tertiary/aromatic N) is 1. The maximum atomic E-state index is 13.3. The lowest BCUT2D eigenvalue weighted by Crippen LogP contribution is -2.46.